The van der Waals surface area contributed by atoms with Gasteiger partial charge in [0.2, 0.25) is 12.7 Å². The van der Waals surface area contributed by atoms with E-state index in [1.54, 1.807) is 18.2 Å². The van der Waals surface area contributed by atoms with Crippen molar-refractivity contribution in [1.29, 1.82) is 0 Å². The average molecular weight is 404 g/mol. The van der Waals surface area contributed by atoms with Crippen LogP contribution < -0.4 is 14.8 Å². The van der Waals surface area contributed by atoms with Gasteiger partial charge in [-0.2, -0.15) is 0 Å². The Morgan fingerprint density at radius 3 is 2.61 bits per heavy atom. The second-order valence-electron chi connectivity index (χ2n) is 6.81. The minimum Gasteiger partial charge on any atom is -0.454 e. The maximum absolute atomic E-state index is 13.0. The van der Waals surface area contributed by atoms with Crippen molar-refractivity contribution in [3.05, 3.63) is 34.3 Å². The van der Waals surface area contributed by atoms with Crippen LogP contribution in [0.2, 0.25) is 0 Å². The average Bonchev–Trinajstić information content (AvgIpc) is 3.23. The maximum atomic E-state index is 13.0. The lowest BCUT2D eigenvalue weighted by Crippen LogP contribution is -2.41. The van der Waals surface area contributed by atoms with Crippen molar-refractivity contribution >= 4 is 28.3 Å². The molecule has 0 spiro atoms. The Morgan fingerprint density at radius 2 is 1.93 bits per heavy atom. The number of hydrogen-bond acceptors (Lipinski definition) is 7. The second kappa shape index (κ2) is 8.57. The fourth-order valence-electron chi connectivity index (χ4n) is 2.64. The molecule has 150 valence electrons. The topological polar surface area (TPSA) is 84.0 Å². The normalized spacial score (nSPS) is 12.3. The van der Waals surface area contributed by atoms with Gasteiger partial charge in [0.25, 0.3) is 5.91 Å². The molecule has 2 amide bonds. The number of fused-ring (bicyclic) bond motifs is 1. The van der Waals surface area contributed by atoms with E-state index in [9.17, 15) is 9.59 Å². The molecule has 0 saturated carbocycles. The number of anilines is 1. The number of benzene rings is 1. The number of nitrogens with zero attached hydrogens (tertiary/aromatic N) is 3. The fraction of sp³-hybridized carbons (Fsp3) is 0.421. The van der Waals surface area contributed by atoms with Crippen LogP contribution in [0.1, 0.15) is 20.9 Å². The smallest absolute Gasteiger partial charge is 0.254 e. The number of aryl methyl sites for hydroxylation is 2. The second-order valence-corrected chi connectivity index (χ2v) is 8.01. The molecule has 0 bridgehead atoms. The number of amides is 2. The Bertz CT molecular complexity index is 861. The van der Waals surface area contributed by atoms with Crippen molar-refractivity contribution in [2.24, 2.45) is 0 Å². The van der Waals surface area contributed by atoms with Crippen molar-refractivity contribution in [1.82, 2.24) is 14.8 Å². The minimum absolute atomic E-state index is 0.0568. The predicted molar refractivity (Wildman–Crippen MR) is 107 cm³/mol. The first-order valence-corrected chi connectivity index (χ1v) is 9.72. The number of nitrogens with one attached hydrogen (secondary N) is 1. The molecule has 0 aliphatic carbocycles. The third kappa shape index (κ3) is 4.79. The SMILES string of the molecule is Cc1nc(NC(=O)CN(CCN(C)C)C(=O)c2ccc3c(c2)OCO3)sc1C. The van der Waals surface area contributed by atoms with Gasteiger partial charge in [0, 0.05) is 23.5 Å². The third-order valence-corrected chi connectivity index (χ3v) is 5.32. The highest BCUT2D eigenvalue weighted by Crippen LogP contribution is 2.32. The van der Waals surface area contributed by atoms with E-state index in [0.717, 1.165) is 10.6 Å². The molecule has 1 N–H and O–H groups in total. The Hall–Kier alpha value is -2.65. The first-order valence-electron chi connectivity index (χ1n) is 8.91. The summed E-state index contributed by atoms with van der Waals surface area (Å²) in [6, 6.07) is 5.05. The third-order valence-electron chi connectivity index (χ3n) is 4.33. The Balaban J connectivity index is 1.72. The maximum Gasteiger partial charge on any atom is 0.254 e. The van der Waals surface area contributed by atoms with Gasteiger partial charge in [-0.05, 0) is 46.1 Å². The van der Waals surface area contributed by atoms with Gasteiger partial charge in [-0.25, -0.2) is 4.98 Å². The molecule has 28 heavy (non-hydrogen) atoms. The summed E-state index contributed by atoms with van der Waals surface area (Å²) in [5.41, 5.74) is 1.35. The lowest BCUT2D eigenvalue weighted by Gasteiger charge is -2.24. The van der Waals surface area contributed by atoms with E-state index in [4.69, 9.17) is 9.47 Å². The van der Waals surface area contributed by atoms with Gasteiger partial charge in [-0.1, -0.05) is 0 Å². The fourth-order valence-corrected chi connectivity index (χ4v) is 3.47. The summed E-state index contributed by atoms with van der Waals surface area (Å²) in [6.07, 6.45) is 0. The first kappa shape index (κ1) is 20.1. The van der Waals surface area contributed by atoms with Crippen LogP contribution in [-0.4, -0.2) is 67.1 Å². The van der Waals surface area contributed by atoms with E-state index in [0.29, 0.717) is 35.3 Å². The zero-order valence-corrected chi connectivity index (χ0v) is 17.3. The predicted octanol–water partition coefficient (Wildman–Crippen LogP) is 2.13. The van der Waals surface area contributed by atoms with Crippen molar-refractivity contribution in [3.63, 3.8) is 0 Å². The van der Waals surface area contributed by atoms with Crippen LogP contribution in [0.15, 0.2) is 18.2 Å². The van der Waals surface area contributed by atoms with Gasteiger partial charge in [0.15, 0.2) is 16.6 Å². The highest BCUT2D eigenvalue weighted by atomic mass is 32.1. The Kier molecular flexibility index (Phi) is 6.15. The number of carbonyl (C=O) groups excluding carboxylic acids is 2. The van der Waals surface area contributed by atoms with Gasteiger partial charge < -0.3 is 24.6 Å². The number of hydrogen-bond donors (Lipinski definition) is 1. The molecule has 1 aromatic carbocycles. The zero-order chi connectivity index (χ0) is 20.3. The van der Waals surface area contributed by atoms with Gasteiger partial charge in [-0.3, -0.25) is 9.59 Å². The number of rotatable bonds is 7. The van der Waals surface area contributed by atoms with Crippen molar-refractivity contribution < 1.29 is 19.1 Å². The van der Waals surface area contributed by atoms with E-state index in [1.807, 2.05) is 32.8 Å². The number of thiazole rings is 1. The lowest BCUT2D eigenvalue weighted by molar-refractivity contribution is -0.116. The molecular weight excluding hydrogens is 380 g/mol. The molecule has 9 heteroatoms. The molecule has 1 aromatic heterocycles. The van der Waals surface area contributed by atoms with Crippen LogP contribution in [0.3, 0.4) is 0 Å². The number of carbonyl (C=O) groups is 2. The van der Waals surface area contributed by atoms with Gasteiger partial charge in [0.1, 0.15) is 6.54 Å². The summed E-state index contributed by atoms with van der Waals surface area (Å²) in [7, 11) is 3.84. The molecule has 0 unspecified atom stereocenters. The molecule has 0 radical (unpaired) electrons. The van der Waals surface area contributed by atoms with Crippen molar-refractivity contribution in [2.75, 3.05) is 45.8 Å². The summed E-state index contributed by atoms with van der Waals surface area (Å²) in [5.74, 6) is 0.642. The van der Waals surface area contributed by atoms with Crippen LogP contribution in [0.5, 0.6) is 11.5 Å². The summed E-state index contributed by atoms with van der Waals surface area (Å²) in [6.45, 7) is 5.00. The number of likely N-dealkylation sites (N-methyl/N-ethyl adjacent to an activating group) is 1. The standard InChI is InChI=1S/C19H24N4O4S/c1-12-13(2)28-19(20-12)21-17(24)10-23(8-7-22(3)4)18(25)14-5-6-15-16(9-14)27-11-26-15/h5-6,9H,7-8,10-11H2,1-4H3,(H,20,21,24). The molecule has 1 aliphatic rings. The van der Waals surface area contributed by atoms with Crippen LogP contribution in [-0.2, 0) is 4.79 Å². The van der Waals surface area contributed by atoms with Crippen LogP contribution >= 0.6 is 11.3 Å². The Morgan fingerprint density at radius 1 is 1.18 bits per heavy atom. The van der Waals surface area contributed by atoms with E-state index >= 15 is 0 Å². The van der Waals surface area contributed by atoms with E-state index in [-0.39, 0.29) is 25.2 Å². The van der Waals surface area contributed by atoms with Crippen molar-refractivity contribution in [3.8, 4) is 11.5 Å². The highest BCUT2D eigenvalue weighted by molar-refractivity contribution is 7.15. The summed E-state index contributed by atoms with van der Waals surface area (Å²) >= 11 is 1.42. The molecule has 0 atom stereocenters. The quantitative estimate of drug-likeness (QED) is 0.761. The summed E-state index contributed by atoms with van der Waals surface area (Å²) < 4.78 is 10.6. The molecule has 2 aromatic rings. The van der Waals surface area contributed by atoms with E-state index in [1.165, 1.54) is 16.2 Å². The van der Waals surface area contributed by atoms with Gasteiger partial charge in [0.05, 0.1) is 5.69 Å². The monoisotopic (exact) mass is 404 g/mol. The molecular formula is C19H24N4O4S. The largest absolute Gasteiger partial charge is 0.454 e. The minimum atomic E-state index is -0.276. The highest BCUT2D eigenvalue weighted by Gasteiger charge is 2.22. The van der Waals surface area contributed by atoms with Gasteiger partial charge in [-0.15, -0.1) is 11.3 Å². The number of aromatic nitrogens is 1. The molecule has 0 fully saturated rings. The molecule has 1 aliphatic heterocycles. The molecule has 0 saturated heterocycles. The molecule has 3 rings (SSSR count). The van der Waals surface area contributed by atoms with Crippen molar-refractivity contribution in [2.45, 2.75) is 13.8 Å². The molecule has 8 nitrogen and oxygen atoms in total. The number of ether oxygens (including phenoxy) is 2. The summed E-state index contributed by atoms with van der Waals surface area (Å²) in [4.78, 5) is 34.4. The Labute approximate surface area is 168 Å². The molecule has 2 heterocycles. The van der Waals surface area contributed by atoms with Crippen LogP contribution in [0.25, 0.3) is 0 Å². The van der Waals surface area contributed by atoms with Crippen LogP contribution in [0.4, 0.5) is 5.13 Å². The first-order chi connectivity index (χ1) is 13.3. The van der Waals surface area contributed by atoms with Crippen LogP contribution in [0, 0.1) is 13.8 Å². The van der Waals surface area contributed by atoms with Gasteiger partial charge >= 0.3 is 0 Å². The van der Waals surface area contributed by atoms with E-state index in [2.05, 4.69) is 10.3 Å². The lowest BCUT2D eigenvalue weighted by atomic mass is 10.1. The zero-order valence-electron chi connectivity index (χ0n) is 16.4. The van der Waals surface area contributed by atoms with E-state index < -0.39 is 0 Å². The summed E-state index contributed by atoms with van der Waals surface area (Å²) in [5, 5.41) is 3.33.